The summed E-state index contributed by atoms with van der Waals surface area (Å²) in [6.07, 6.45) is -0.183. The number of carbonyl (C=O) groups is 2. The van der Waals surface area contributed by atoms with Crippen LogP contribution in [0.25, 0.3) is 16.6 Å². The highest BCUT2D eigenvalue weighted by Gasteiger charge is 2.44. The summed E-state index contributed by atoms with van der Waals surface area (Å²) >= 11 is 0. The van der Waals surface area contributed by atoms with Crippen LogP contribution in [0.3, 0.4) is 0 Å². The summed E-state index contributed by atoms with van der Waals surface area (Å²) in [5.74, 6) is -1.91. The average molecular weight is 555 g/mol. The van der Waals surface area contributed by atoms with E-state index in [0.29, 0.717) is 39.9 Å². The van der Waals surface area contributed by atoms with Crippen molar-refractivity contribution in [1.29, 1.82) is 0 Å². The van der Waals surface area contributed by atoms with Gasteiger partial charge in [0, 0.05) is 34.8 Å². The third kappa shape index (κ3) is 5.42. The number of carbonyl (C=O) groups excluding carboxylic acids is 2. The van der Waals surface area contributed by atoms with Crippen molar-refractivity contribution >= 4 is 35.0 Å². The van der Waals surface area contributed by atoms with E-state index in [1.54, 1.807) is 23.8 Å². The van der Waals surface area contributed by atoms with Gasteiger partial charge in [-0.3, -0.25) is 14.6 Å². The average Bonchev–Trinajstić information content (AvgIpc) is 3.15. The van der Waals surface area contributed by atoms with Gasteiger partial charge in [-0.05, 0) is 77.9 Å². The Balaban J connectivity index is 0.00000400. The first-order chi connectivity index (χ1) is 17.4. The van der Waals surface area contributed by atoms with Crippen molar-refractivity contribution < 1.29 is 27.2 Å². The summed E-state index contributed by atoms with van der Waals surface area (Å²) in [7, 11) is 0. The maximum Gasteiger partial charge on any atom is 0.408 e. The molecule has 4 rings (SSSR count). The van der Waals surface area contributed by atoms with E-state index in [0.717, 1.165) is 32.1 Å². The minimum atomic E-state index is -4.66. The van der Waals surface area contributed by atoms with Gasteiger partial charge in [0.2, 0.25) is 0 Å². The molecule has 1 amide bonds. The zero-order chi connectivity index (χ0) is 27.1. The van der Waals surface area contributed by atoms with Crippen LogP contribution in [0.2, 0.25) is 0 Å². The van der Waals surface area contributed by atoms with E-state index < -0.39 is 30.0 Å². The Bertz CT molecular complexity index is 1330. The lowest BCUT2D eigenvalue weighted by Gasteiger charge is -2.34. The molecule has 1 aromatic carbocycles. The monoisotopic (exact) mass is 554 g/mol. The molecule has 206 valence electrons. The first-order valence-electron chi connectivity index (χ1n) is 12.3. The van der Waals surface area contributed by atoms with Crippen molar-refractivity contribution in [3.63, 3.8) is 0 Å². The number of ketones is 1. The van der Waals surface area contributed by atoms with Crippen LogP contribution in [0, 0.1) is 18.7 Å². The Morgan fingerprint density at radius 3 is 2.39 bits per heavy atom. The van der Waals surface area contributed by atoms with E-state index in [1.807, 2.05) is 0 Å². The van der Waals surface area contributed by atoms with Crippen molar-refractivity contribution in [2.75, 3.05) is 13.1 Å². The Hall–Kier alpha value is -2.98. The lowest BCUT2D eigenvalue weighted by Crippen LogP contribution is -2.50. The van der Waals surface area contributed by atoms with E-state index in [9.17, 15) is 27.2 Å². The van der Waals surface area contributed by atoms with Gasteiger partial charge >= 0.3 is 6.18 Å². The molecule has 1 saturated heterocycles. The van der Waals surface area contributed by atoms with Crippen molar-refractivity contribution in [2.24, 2.45) is 5.92 Å². The zero-order valence-corrected chi connectivity index (χ0v) is 22.4. The highest BCUT2D eigenvalue weighted by atomic mass is 35.5. The third-order valence-electron chi connectivity index (χ3n) is 7.08. The number of fused-ring (bicyclic) bond motifs is 1. The summed E-state index contributed by atoms with van der Waals surface area (Å²) < 4.78 is 57.0. The van der Waals surface area contributed by atoms with Gasteiger partial charge < -0.3 is 14.8 Å². The van der Waals surface area contributed by atoms with Crippen LogP contribution in [0.15, 0.2) is 36.7 Å². The molecule has 0 saturated carbocycles. The minimum absolute atomic E-state index is 0. The lowest BCUT2D eigenvalue weighted by molar-refractivity contribution is -0.175. The van der Waals surface area contributed by atoms with E-state index in [1.165, 1.54) is 26.1 Å². The molecule has 2 aromatic heterocycles. The number of nitrogens with one attached hydrogen (secondary N) is 1. The Morgan fingerprint density at radius 2 is 1.79 bits per heavy atom. The van der Waals surface area contributed by atoms with Gasteiger partial charge in [0.15, 0.2) is 5.78 Å². The molecular weight excluding hydrogens is 524 g/mol. The van der Waals surface area contributed by atoms with Gasteiger partial charge in [0.05, 0.1) is 23.0 Å². The minimum Gasteiger partial charge on any atom is -0.324 e. The van der Waals surface area contributed by atoms with Gasteiger partial charge in [-0.15, -0.1) is 12.4 Å². The van der Waals surface area contributed by atoms with Crippen molar-refractivity contribution in [3.05, 3.63) is 59.3 Å². The first-order valence-corrected chi connectivity index (χ1v) is 12.3. The van der Waals surface area contributed by atoms with Crippen LogP contribution in [0.4, 0.5) is 17.6 Å². The molecule has 1 fully saturated rings. The van der Waals surface area contributed by atoms with Crippen LogP contribution in [-0.4, -0.2) is 57.5 Å². The number of hydrogen-bond acceptors (Lipinski definition) is 4. The number of benzene rings is 1. The molecule has 0 spiro atoms. The molecule has 6 nitrogen and oxygen atoms in total. The second-order valence-electron chi connectivity index (χ2n) is 9.76. The molecule has 0 bridgehead atoms. The summed E-state index contributed by atoms with van der Waals surface area (Å²) in [5, 5.41) is 3.87. The topological polar surface area (TPSA) is 67.2 Å². The molecule has 1 aliphatic rings. The molecule has 0 unspecified atom stereocenters. The van der Waals surface area contributed by atoms with Crippen LogP contribution >= 0.6 is 12.4 Å². The number of piperidine rings is 1. The summed E-state index contributed by atoms with van der Waals surface area (Å²) in [6.45, 7) is 7.06. The Morgan fingerprint density at radius 1 is 1.13 bits per heavy atom. The molecule has 38 heavy (non-hydrogen) atoms. The number of hydrogen-bond donors (Lipinski definition) is 1. The van der Waals surface area contributed by atoms with E-state index in [4.69, 9.17) is 0 Å². The fourth-order valence-corrected chi connectivity index (χ4v) is 5.20. The smallest absolute Gasteiger partial charge is 0.324 e. The maximum atomic E-state index is 14.4. The molecule has 1 aliphatic heterocycles. The number of rotatable bonds is 6. The molecule has 3 heterocycles. The Kier molecular flexibility index (Phi) is 8.88. The predicted octanol–water partition coefficient (Wildman–Crippen LogP) is 5.88. The second-order valence-corrected chi connectivity index (χ2v) is 9.76. The van der Waals surface area contributed by atoms with Crippen molar-refractivity contribution in [3.8, 4) is 5.69 Å². The third-order valence-corrected chi connectivity index (χ3v) is 7.08. The highest BCUT2D eigenvalue weighted by Crippen LogP contribution is 2.35. The molecular formula is C27H31ClF4N4O2. The van der Waals surface area contributed by atoms with Gasteiger partial charge in [0.1, 0.15) is 11.9 Å². The quantitative estimate of drug-likeness (QED) is 0.305. The lowest BCUT2D eigenvalue weighted by atomic mass is 9.88. The van der Waals surface area contributed by atoms with Gasteiger partial charge in [-0.1, -0.05) is 0 Å². The van der Waals surface area contributed by atoms with Gasteiger partial charge in [-0.2, -0.15) is 13.2 Å². The van der Waals surface area contributed by atoms with Crippen LogP contribution in [0.1, 0.15) is 60.0 Å². The molecule has 3 aromatic rings. The summed E-state index contributed by atoms with van der Waals surface area (Å²) in [4.78, 5) is 32.1. The van der Waals surface area contributed by atoms with Gasteiger partial charge in [0.25, 0.3) is 5.91 Å². The standard InChI is InChI=1S/C27H30F4N4O2.ClH/c1-15(2)34(17(4)27(29,30)31)26(37)21-13-19(28)5-6-22(21)35-16(3)24(20-9-12-33-14-23(20)35)25(36)18-7-10-32-11-8-18;/h5-6,9,12-15,17-18,32H,7-8,10-11H2,1-4H3;1H/t17-;/m1./s1. The number of halogens is 5. The molecule has 11 heteroatoms. The number of amides is 1. The Labute approximate surface area is 224 Å². The summed E-state index contributed by atoms with van der Waals surface area (Å²) in [5.41, 5.74) is 1.47. The number of nitrogens with zero attached hydrogens (tertiary/aromatic N) is 3. The number of aromatic nitrogens is 2. The fraction of sp³-hybridized carbons (Fsp3) is 0.444. The van der Waals surface area contributed by atoms with Crippen LogP contribution < -0.4 is 5.32 Å². The maximum absolute atomic E-state index is 14.4. The van der Waals surface area contributed by atoms with Crippen molar-refractivity contribution in [2.45, 2.75) is 58.8 Å². The SMILES string of the molecule is Cc1c(C(=O)C2CCNCC2)c2ccncc2n1-c1ccc(F)cc1C(=O)N(C(C)C)[C@H](C)C(F)(F)F.Cl. The van der Waals surface area contributed by atoms with Crippen LogP contribution in [-0.2, 0) is 0 Å². The van der Waals surface area contributed by atoms with E-state index >= 15 is 0 Å². The molecule has 1 atom stereocenters. The molecule has 0 aliphatic carbocycles. The van der Waals surface area contributed by atoms with E-state index in [2.05, 4.69) is 10.3 Å². The fourth-order valence-electron chi connectivity index (χ4n) is 5.20. The first kappa shape index (κ1) is 29.6. The van der Waals surface area contributed by atoms with E-state index in [-0.39, 0.29) is 35.4 Å². The number of Topliss-reactive ketones (excluding diaryl/α,β-unsaturated/α-hetero) is 1. The van der Waals surface area contributed by atoms with Crippen LogP contribution in [0.5, 0.6) is 0 Å². The number of pyridine rings is 1. The number of alkyl halides is 3. The largest absolute Gasteiger partial charge is 0.408 e. The predicted molar refractivity (Wildman–Crippen MR) is 140 cm³/mol. The highest BCUT2D eigenvalue weighted by molar-refractivity contribution is 6.11. The molecule has 1 N–H and O–H groups in total. The second kappa shape index (κ2) is 11.4. The van der Waals surface area contributed by atoms with Gasteiger partial charge in [-0.25, -0.2) is 4.39 Å². The summed E-state index contributed by atoms with van der Waals surface area (Å²) in [6, 6.07) is 2.28. The molecule has 0 radical (unpaired) electrons. The van der Waals surface area contributed by atoms with Crippen molar-refractivity contribution in [1.82, 2.24) is 19.8 Å². The zero-order valence-electron chi connectivity index (χ0n) is 21.6. The normalized spacial score (nSPS) is 15.4.